The van der Waals surface area contributed by atoms with E-state index in [0.717, 1.165) is 28.0 Å². The summed E-state index contributed by atoms with van der Waals surface area (Å²) in [5.41, 5.74) is 5.32. The Kier molecular flexibility index (Phi) is 10.5. The zero-order valence-corrected chi connectivity index (χ0v) is 29.1. The predicted molar refractivity (Wildman–Crippen MR) is 169 cm³/mol. The fraction of sp³-hybridized carbons (Fsp3) is 0.417. The van der Waals surface area contributed by atoms with Crippen molar-refractivity contribution in [2.24, 2.45) is 10.8 Å². The summed E-state index contributed by atoms with van der Waals surface area (Å²) < 4.78 is 0. The number of aromatic nitrogens is 2. The van der Waals surface area contributed by atoms with Crippen LogP contribution in [0.15, 0.2) is 59.9 Å². The van der Waals surface area contributed by atoms with Gasteiger partial charge in [0, 0.05) is 41.9 Å². The summed E-state index contributed by atoms with van der Waals surface area (Å²) in [5, 5.41) is 13.4. The van der Waals surface area contributed by atoms with Gasteiger partial charge >= 0.3 is 0 Å². The summed E-state index contributed by atoms with van der Waals surface area (Å²) in [5.74, 6) is 0.985. The van der Waals surface area contributed by atoms with Crippen LogP contribution in [0.2, 0.25) is 0 Å². The van der Waals surface area contributed by atoms with Crippen molar-refractivity contribution in [3.05, 3.63) is 82.9 Å². The molecular formula is C36H45IrN2O2-. The van der Waals surface area contributed by atoms with Gasteiger partial charge in [0.15, 0.2) is 5.78 Å². The molecule has 0 fully saturated rings. The second kappa shape index (κ2) is 12.5. The van der Waals surface area contributed by atoms with Crippen molar-refractivity contribution in [1.29, 1.82) is 0 Å². The van der Waals surface area contributed by atoms with Crippen LogP contribution in [0, 0.1) is 30.7 Å². The van der Waals surface area contributed by atoms with Crippen LogP contribution in [-0.4, -0.2) is 20.9 Å². The van der Waals surface area contributed by atoms with E-state index in [-0.39, 0.29) is 42.5 Å². The number of aliphatic hydroxyl groups excluding tert-OH is 1. The maximum Gasteiger partial charge on any atom is 0.167 e. The Morgan fingerprint density at radius 1 is 0.805 bits per heavy atom. The van der Waals surface area contributed by atoms with Crippen LogP contribution in [0.25, 0.3) is 32.9 Å². The molecular weight excluding hydrogens is 685 g/mol. The summed E-state index contributed by atoms with van der Waals surface area (Å²) in [6, 6.07) is 20.4. The number of Topliss-reactive ketones (excluding diaryl/α,β-unsaturated/α-hetero) is 1. The van der Waals surface area contributed by atoms with Crippen LogP contribution >= 0.6 is 0 Å². The van der Waals surface area contributed by atoms with Gasteiger partial charge in [-0.15, -0.1) is 35.4 Å². The van der Waals surface area contributed by atoms with E-state index in [1.54, 1.807) is 6.92 Å². The standard InChI is InChI=1S/C24H23N2.C12H22O2.Ir/c1-15-13-21-22(17-9-8-10-18(14-17)24(3,4)5)25-16(2)26-23(21)20-12-7-6-11-19(15)20;1-8(9(13)11(2,3)4)10(14)12(5,6)7;/h6-8,10-14H,1-5H3;13H,1-7H3;/q-1;;/b;9-8-;. The van der Waals surface area contributed by atoms with E-state index in [1.807, 2.05) is 54.5 Å². The van der Waals surface area contributed by atoms with Crippen molar-refractivity contribution in [1.82, 2.24) is 9.97 Å². The van der Waals surface area contributed by atoms with Crippen LogP contribution < -0.4 is 0 Å². The largest absolute Gasteiger partial charge is 0.511 e. The van der Waals surface area contributed by atoms with Crippen molar-refractivity contribution in [3.63, 3.8) is 0 Å². The van der Waals surface area contributed by atoms with Gasteiger partial charge in [-0.1, -0.05) is 92.6 Å². The zero-order chi connectivity index (χ0) is 30.2. The van der Waals surface area contributed by atoms with Crippen LogP contribution in [0.4, 0.5) is 0 Å². The molecule has 0 aliphatic heterocycles. The molecule has 1 heterocycles. The first-order valence-corrected chi connectivity index (χ1v) is 14.0. The summed E-state index contributed by atoms with van der Waals surface area (Å²) in [7, 11) is 0. The Hall–Kier alpha value is -2.88. The average Bonchev–Trinajstić information content (AvgIpc) is 2.86. The number of aryl methyl sites for hydroxylation is 2. The summed E-state index contributed by atoms with van der Waals surface area (Å²) >= 11 is 0. The second-order valence-electron chi connectivity index (χ2n) is 13.8. The summed E-state index contributed by atoms with van der Waals surface area (Å²) in [6.45, 7) is 23.7. The van der Waals surface area contributed by atoms with Crippen molar-refractivity contribution in [2.75, 3.05) is 0 Å². The Bertz CT molecular complexity index is 1600. The van der Waals surface area contributed by atoms with Gasteiger partial charge in [-0.05, 0) is 48.2 Å². The molecule has 1 radical (unpaired) electrons. The van der Waals surface area contributed by atoms with E-state index in [4.69, 9.17) is 9.97 Å². The van der Waals surface area contributed by atoms with E-state index in [9.17, 15) is 9.90 Å². The van der Waals surface area contributed by atoms with E-state index in [1.165, 1.54) is 21.9 Å². The maximum absolute atomic E-state index is 11.8. The molecule has 0 bridgehead atoms. The number of allylic oxidation sites excluding steroid dienone is 2. The minimum absolute atomic E-state index is 0. The fourth-order valence-electron chi connectivity index (χ4n) is 4.76. The molecule has 4 rings (SSSR count). The number of hydrogen-bond acceptors (Lipinski definition) is 4. The quantitative estimate of drug-likeness (QED) is 0.0967. The number of rotatable bonds is 2. The molecule has 0 saturated heterocycles. The topological polar surface area (TPSA) is 63.1 Å². The Balaban J connectivity index is 0.000000338. The predicted octanol–water partition coefficient (Wildman–Crippen LogP) is 9.64. The number of ketones is 1. The molecule has 4 nitrogen and oxygen atoms in total. The first-order chi connectivity index (χ1) is 18.3. The van der Waals surface area contributed by atoms with Gasteiger partial charge in [-0.25, -0.2) is 4.98 Å². The maximum atomic E-state index is 11.8. The van der Waals surface area contributed by atoms with E-state index in [2.05, 4.69) is 76.2 Å². The molecule has 1 aromatic heterocycles. The van der Waals surface area contributed by atoms with E-state index >= 15 is 0 Å². The molecule has 0 unspecified atom stereocenters. The van der Waals surface area contributed by atoms with Gasteiger partial charge in [-0.3, -0.25) is 9.78 Å². The number of nitrogens with zero attached hydrogens (tertiary/aromatic N) is 2. The Morgan fingerprint density at radius 2 is 1.39 bits per heavy atom. The number of aliphatic hydroxyl groups is 1. The number of carbonyl (C=O) groups is 1. The SMILES string of the molecule is C/C(C(=O)C(C)(C)C)=C(/O)C(C)(C)C.Cc1nc(-c2[c-]ccc(C(C)(C)C)c2)c2cc(C)c3ccccc3c2n1.[Ir]. The van der Waals surface area contributed by atoms with Crippen molar-refractivity contribution < 1.29 is 30.0 Å². The normalized spacial score (nSPS) is 12.8. The Labute approximate surface area is 260 Å². The van der Waals surface area contributed by atoms with Gasteiger partial charge in [0.25, 0.3) is 0 Å². The molecule has 0 aliphatic carbocycles. The minimum atomic E-state index is -0.427. The van der Waals surface area contributed by atoms with Crippen LogP contribution in [0.5, 0.6) is 0 Å². The monoisotopic (exact) mass is 730 g/mol. The van der Waals surface area contributed by atoms with Gasteiger partial charge in [0.2, 0.25) is 0 Å². The van der Waals surface area contributed by atoms with Crippen molar-refractivity contribution in [2.45, 2.75) is 88.5 Å². The van der Waals surface area contributed by atoms with Gasteiger partial charge in [-0.2, -0.15) is 0 Å². The first-order valence-electron chi connectivity index (χ1n) is 14.0. The molecule has 4 aromatic rings. The third kappa shape index (κ3) is 7.90. The average molecular weight is 730 g/mol. The van der Waals surface area contributed by atoms with Crippen molar-refractivity contribution >= 4 is 27.5 Å². The minimum Gasteiger partial charge on any atom is -0.511 e. The molecule has 221 valence electrons. The third-order valence-corrected chi connectivity index (χ3v) is 7.04. The molecule has 0 spiro atoms. The van der Waals surface area contributed by atoms with E-state index < -0.39 is 5.41 Å². The number of carbonyl (C=O) groups excluding carboxylic acids is 1. The van der Waals surface area contributed by atoms with Crippen LogP contribution in [-0.2, 0) is 30.3 Å². The molecule has 41 heavy (non-hydrogen) atoms. The van der Waals surface area contributed by atoms with Crippen molar-refractivity contribution in [3.8, 4) is 11.3 Å². The van der Waals surface area contributed by atoms with Gasteiger partial charge in [0.05, 0.1) is 5.52 Å². The first kappa shape index (κ1) is 34.3. The molecule has 0 aliphatic rings. The molecule has 3 aromatic carbocycles. The van der Waals surface area contributed by atoms with Crippen LogP contribution in [0.1, 0.15) is 86.2 Å². The summed E-state index contributed by atoms with van der Waals surface area (Å²) in [4.78, 5) is 21.4. The number of benzene rings is 3. The molecule has 0 atom stereocenters. The van der Waals surface area contributed by atoms with Gasteiger partial charge in [0.1, 0.15) is 11.6 Å². The summed E-state index contributed by atoms with van der Waals surface area (Å²) in [6.07, 6.45) is 0. The Morgan fingerprint density at radius 3 is 1.93 bits per heavy atom. The molecule has 1 N–H and O–H groups in total. The molecule has 0 saturated carbocycles. The molecule has 0 amide bonds. The fourth-order valence-corrected chi connectivity index (χ4v) is 4.76. The third-order valence-electron chi connectivity index (χ3n) is 7.04. The number of hydrogen-bond donors (Lipinski definition) is 1. The smallest absolute Gasteiger partial charge is 0.167 e. The zero-order valence-electron chi connectivity index (χ0n) is 26.7. The van der Waals surface area contributed by atoms with Crippen LogP contribution in [0.3, 0.4) is 0 Å². The second-order valence-corrected chi connectivity index (χ2v) is 13.8. The molecule has 5 heteroatoms. The van der Waals surface area contributed by atoms with Gasteiger partial charge < -0.3 is 5.11 Å². The van der Waals surface area contributed by atoms with E-state index in [0.29, 0.717) is 5.57 Å². The number of fused-ring (bicyclic) bond motifs is 3.